The molecule has 3 nitrogen and oxygen atoms in total. The first kappa shape index (κ1) is 13.3. The Balaban J connectivity index is 1.87. The number of nitrogens with zero attached hydrogens (tertiary/aromatic N) is 1. The maximum atomic E-state index is 12.5. The van der Waals surface area contributed by atoms with Crippen LogP contribution in [0.3, 0.4) is 0 Å². The van der Waals surface area contributed by atoms with Crippen molar-refractivity contribution in [2.45, 2.75) is 46.1 Å². The lowest BCUT2D eigenvalue weighted by atomic mass is 9.68. The van der Waals surface area contributed by atoms with E-state index in [1.807, 2.05) is 0 Å². The van der Waals surface area contributed by atoms with Gasteiger partial charge in [0.25, 0.3) is 0 Å². The average Bonchev–Trinajstić information content (AvgIpc) is 2.81. The molecular formula is C17H22N2O. The molecule has 2 atom stereocenters. The van der Waals surface area contributed by atoms with Crippen LogP contribution in [0.4, 0.5) is 0 Å². The highest BCUT2D eigenvalue weighted by atomic mass is 16.1. The zero-order valence-electron chi connectivity index (χ0n) is 12.4. The van der Waals surface area contributed by atoms with Crippen LogP contribution in [0.25, 0.3) is 0 Å². The number of hydrazone groups is 1. The van der Waals surface area contributed by atoms with Gasteiger partial charge in [0.15, 0.2) is 0 Å². The van der Waals surface area contributed by atoms with Crippen LogP contribution in [0.5, 0.6) is 0 Å². The van der Waals surface area contributed by atoms with Crippen LogP contribution >= 0.6 is 0 Å². The van der Waals surface area contributed by atoms with Crippen molar-refractivity contribution in [2.75, 3.05) is 0 Å². The van der Waals surface area contributed by atoms with E-state index in [2.05, 4.69) is 55.6 Å². The summed E-state index contributed by atoms with van der Waals surface area (Å²) < 4.78 is 0. The minimum Gasteiger partial charge on any atom is -0.306 e. The molecule has 0 radical (unpaired) electrons. The van der Waals surface area contributed by atoms with Gasteiger partial charge < -0.3 is 5.43 Å². The quantitative estimate of drug-likeness (QED) is 0.897. The molecule has 1 saturated carbocycles. The lowest BCUT2D eigenvalue weighted by Crippen LogP contribution is -2.45. The molecule has 3 rings (SSSR count). The van der Waals surface area contributed by atoms with Crippen LogP contribution in [0, 0.1) is 11.3 Å². The van der Waals surface area contributed by atoms with Crippen molar-refractivity contribution in [3.8, 4) is 0 Å². The van der Waals surface area contributed by atoms with E-state index in [1.54, 1.807) is 0 Å². The van der Waals surface area contributed by atoms with Crippen LogP contribution in [0.15, 0.2) is 29.4 Å². The molecule has 106 valence electrons. The Morgan fingerprint density at radius 2 is 2.00 bits per heavy atom. The molecule has 1 aliphatic heterocycles. The van der Waals surface area contributed by atoms with Crippen LogP contribution in [-0.4, -0.2) is 17.5 Å². The molecule has 1 aromatic carbocycles. The molecule has 1 heterocycles. The highest BCUT2D eigenvalue weighted by Crippen LogP contribution is 2.39. The van der Waals surface area contributed by atoms with Crippen LogP contribution in [0.2, 0.25) is 0 Å². The van der Waals surface area contributed by atoms with E-state index in [-0.39, 0.29) is 17.4 Å². The molecule has 20 heavy (non-hydrogen) atoms. The van der Waals surface area contributed by atoms with Gasteiger partial charge in [-0.1, -0.05) is 45.0 Å². The Morgan fingerprint density at radius 3 is 2.65 bits per heavy atom. The Morgan fingerprint density at radius 1 is 1.30 bits per heavy atom. The lowest BCUT2D eigenvalue weighted by molar-refractivity contribution is -0.126. The summed E-state index contributed by atoms with van der Waals surface area (Å²) in [5.41, 5.74) is 6.60. The van der Waals surface area contributed by atoms with Crippen molar-refractivity contribution < 1.29 is 4.79 Å². The standard InChI is InChI=1S/C17H22N2O/c1-4-11-5-7-12(8-6-11)16-15-13(18-19-16)9-17(2,3)10-14(15)20/h5-8,13,15,18H,4,9-10H2,1-3H3/t13-,15+/m0/s1. The topological polar surface area (TPSA) is 41.5 Å². The van der Waals surface area contributed by atoms with E-state index in [0.29, 0.717) is 12.2 Å². The van der Waals surface area contributed by atoms with Gasteiger partial charge in [0, 0.05) is 6.42 Å². The number of rotatable bonds is 2. The number of hydrogen-bond donors (Lipinski definition) is 1. The van der Waals surface area contributed by atoms with Gasteiger partial charge in [-0.25, -0.2) is 0 Å². The molecular weight excluding hydrogens is 248 g/mol. The second-order valence-corrected chi connectivity index (χ2v) is 6.77. The minimum absolute atomic E-state index is 0.0597. The summed E-state index contributed by atoms with van der Waals surface area (Å²) in [7, 11) is 0. The highest BCUT2D eigenvalue weighted by Gasteiger charge is 2.46. The predicted molar refractivity (Wildman–Crippen MR) is 80.8 cm³/mol. The summed E-state index contributed by atoms with van der Waals surface area (Å²) in [5, 5.41) is 4.47. The van der Waals surface area contributed by atoms with E-state index >= 15 is 0 Å². The molecule has 1 N–H and O–H groups in total. The van der Waals surface area contributed by atoms with Gasteiger partial charge in [0.05, 0.1) is 17.7 Å². The fraction of sp³-hybridized carbons (Fsp3) is 0.529. The summed E-state index contributed by atoms with van der Waals surface area (Å²) in [6.07, 6.45) is 2.69. The second-order valence-electron chi connectivity index (χ2n) is 6.77. The molecule has 0 saturated heterocycles. The van der Waals surface area contributed by atoms with Crippen LogP contribution in [0.1, 0.15) is 44.7 Å². The van der Waals surface area contributed by atoms with Crippen molar-refractivity contribution in [2.24, 2.45) is 16.4 Å². The van der Waals surface area contributed by atoms with E-state index < -0.39 is 0 Å². The maximum absolute atomic E-state index is 12.5. The third-order valence-electron chi connectivity index (χ3n) is 4.48. The van der Waals surface area contributed by atoms with E-state index in [4.69, 9.17) is 0 Å². The molecule has 0 unspecified atom stereocenters. The highest BCUT2D eigenvalue weighted by molar-refractivity contribution is 6.15. The Hall–Kier alpha value is -1.64. The van der Waals surface area contributed by atoms with Gasteiger partial charge in [-0.05, 0) is 29.4 Å². The summed E-state index contributed by atoms with van der Waals surface area (Å²) >= 11 is 0. The number of Topliss-reactive ketones (excluding diaryl/α,β-unsaturated/α-hetero) is 1. The zero-order valence-corrected chi connectivity index (χ0v) is 12.4. The molecule has 1 aliphatic carbocycles. The smallest absolute Gasteiger partial charge is 0.144 e. The van der Waals surface area contributed by atoms with Crippen molar-refractivity contribution in [1.82, 2.24) is 5.43 Å². The molecule has 3 heteroatoms. The Bertz CT molecular complexity index is 557. The molecule has 0 bridgehead atoms. The number of carbonyl (C=O) groups excluding carboxylic acids is 1. The largest absolute Gasteiger partial charge is 0.306 e. The number of nitrogens with one attached hydrogen (secondary N) is 1. The van der Waals surface area contributed by atoms with Gasteiger partial charge in [-0.2, -0.15) is 5.10 Å². The fourth-order valence-electron chi connectivity index (χ4n) is 3.43. The zero-order chi connectivity index (χ0) is 14.3. The van der Waals surface area contributed by atoms with Crippen LogP contribution in [-0.2, 0) is 11.2 Å². The number of carbonyl (C=O) groups is 1. The first-order valence-corrected chi connectivity index (χ1v) is 7.45. The van der Waals surface area contributed by atoms with Gasteiger partial charge in [0.2, 0.25) is 0 Å². The number of hydrogen-bond acceptors (Lipinski definition) is 3. The maximum Gasteiger partial charge on any atom is 0.144 e. The molecule has 0 spiro atoms. The normalized spacial score (nSPS) is 27.8. The lowest BCUT2D eigenvalue weighted by Gasteiger charge is -2.36. The van der Waals surface area contributed by atoms with Crippen molar-refractivity contribution in [3.63, 3.8) is 0 Å². The summed E-state index contributed by atoms with van der Waals surface area (Å²) in [5.74, 6) is 0.269. The first-order chi connectivity index (χ1) is 9.50. The number of aryl methyl sites for hydroxylation is 1. The fourth-order valence-corrected chi connectivity index (χ4v) is 3.43. The third kappa shape index (κ3) is 2.26. The first-order valence-electron chi connectivity index (χ1n) is 7.45. The second kappa shape index (κ2) is 4.72. The number of benzene rings is 1. The van der Waals surface area contributed by atoms with Crippen molar-refractivity contribution >= 4 is 11.5 Å². The van der Waals surface area contributed by atoms with Gasteiger partial charge >= 0.3 is 0 Å². The van der Waals surface area contributed by atoms with Gasteiger partial charge in [-0.15, -0.1) is 0 Å². The van der Waals surface area contributed by atoms with Crippen molar-refractivity contribution in [1.29, 1.82) is 0 Å². The summed E-state index contributed by atoms with van der Waals surface area (Å²) in [4.78, 5) is 12.5. The van der Waals surface area contributed by atoms with Crippen molar-refractivity contribution in [3.05, 3.63) is 35.4 Å². The Labute approximate surface area is 120 Å². The molecule has 1 aromatic rings. The monoisotopic (exact) mass is 270 g/mol. The summed E-state index contributed by atoms with van der Waals surface area (Å²) in [6.45, 7) is 6.47. The molecule has 0 aromatic heterocycles. The average molecular weight is 270 g/mol. The van der Waals surface area contributed by atoms with E-state index in [0.717, 1.165) is 24.1 Å². The van der Waals surface area contributed by atoms with Gasteiger partial charge in [0.1, 0.15) is 5.78 Å². The molecule has 1 fully saturated rings. The molecule has 2 aliphatic rings. The Kier molecular flexibility index (Phi) is 3.15. The summed E-state index contributed by atoms with van der Waals surface area (Å²) in [6, 6.07) is 8.61. The van der Waals surface area contributed by atoms with E-state index in [1.165, 1.54) is 5.56 Å². The van der Waals surface area contributed by atoms with Crippen LogP contribution < -0.4 is 5.43 Å². The minimum atomic E-state index is -0.0597. The third-order valence-corrected chi connectivity index (χ3v) is 4.48. The van der Waals surface area contributed by atoms with E-state index in [9.17, 15) is 4.79 Å². The van der Waals surface area contributed by atoms with Gasteiger partial charge in [-0.3, -0.25) is 4.79 Å². The molecule has 0 amide bonds. The predicted octanol–water partition coefficient (Wildman–Crippen LogP) is 2.93. The number of ketones is 1. The number of fused-ring (bicyclic) bond motifs is 1. The SMILES string of the molecule is CCc1ccc(C2=NN[C@H]3CC(C)(C)CC(=O)[C@H]23)cc1.